The molecule has 0 atom stereocenters. The van der Waals surface area contributed by atoms with Crippen LogP contribution in [0.4, 0.5) is 5.95 Å². The summed E-state index contributed by atoms with van der Waals surface area (Å²) in [5, 5.41) is 7.45. The molecule has 0 radical (unpaired) electrons. The van der Waals surface area contributed by atoms with Gasteiger partial charge in [0.15, 0.2) is 0 Å². The van der Waals surface area contributed by atoms with Crippen LogP contribution in [0.25, 0.3) is 22.3 Å². The largest absolute Gasteiger partial charge is 0.310 e. The number of carbonyl (C=O) groups excluding carboxylic acids is 1. The van der Waals surface area contributed by atoms with Gasteiger partial charge in [-0.2, -0.15) is 5.10 Å². The molecule has 0 unspecified atom stereocenters. The molecule has 0 saturated heterocycles. The molecular weight excluding hydrogens is 450 g/mol. The smallest absolute Gasteiger partial charge is 0.267 e. The summed E-state index contributed by atoms with van der Waals surface area (Å²) < 4.78 is 3.54. The van der Waals surface area contributed by atoms with Gasteiger partial charge < -0.3 is 4.57 Å². The van der Waals surface area contributed by atoms with E-state index >= 15 is 0 Å². The van der Waals surface area contributed by atoms with Gasteiger partial charge in [0.25, 0.3) is 5.56 Å². The molecule has 0 fully saturated rings. The fourth-order valence-corrected chi connectivity index (χ4v) is 4.54. The van der Waals surface area contributed by atoms with Crippen molar-refractivity contribution in [1.29, 1.82) is 0 Å². The quantitative estimate of drug-likeness (QED) is 0.328. The number of hydrogen-bond donors (Lipinski definition) is 1. The Morgan fingerprint density at radius 1 is 0.917 bits per heavy atom. The Hall–Kier alpha value is -4.52. The van der Waals surface area contributed by atoms with E-state index in [9.17, 15) is 9.59 Å². The van der Waals surface area contributed by atoms with Gasteiger partial charge >= 0.3 is 0 Å². The topological polar surface area (TPSA) is 81.8 Å². The third-order valence-electron chi connectivity index (χ3n) is 6.27. The summed E-state index contributed by atoms with van der Waals surface area (Å²) in [4.78, 5) is 28.3. The van der Waals surface area contributed by atoms with Gasteiger partial charge in [-0.3, -0.25) is 14.9 Å². The molecule has 1 N–H and O–H groups in total. The highest BCUT2D eigenvalue weighted by Crippen LogP contribution is 2.23. The van der Waals surface area contributed by atoms with Gasteiger partial charge in [0.1, 0.15) is 0 Å². The molecule has 5 rings (SSSR count). The number of amides is 1. The summed E-state index contributed by atoms with van der Waals surface area (Å²) in [6.07, 6.45) is 1.39. The van der Waals surface area contributed by atoms with Crippen LogP contribution in [0.1, 0.15) is 22.3 Å². The average Bonchev–Trinajstić information content (AvgIpc) is 3.22. The highest BCUT2D eigenvalue weighted by molar-refractivity contribution is 5.81. The van der Waals surface area contributed by atoms with Crippen molar-refractivity contribution >= 4 is 23.4 Å². The Morgan fingerprint density at radius 3 is 2.56 bits per heavy atom. The summed E-state index contributed by atoms with van der Waals surface area (Å²) in [5.41, 5.74) is 7.61. The van der Waals surface area contributed by atoms with Crippen molar-refractivity contribution in [2.75, 3.05) is 5.32 Å². The number of fused-ring (bicyclic) bond motifs is 1. The Labute approximate surface area is 209 Å². The molecule has 180 valence electrons. The van der Waals surface area contributed by atoms with Crippen LogP contribution in [0.15, 0.2) is 83.7 Å². The van der Waals surface area contributed by atoms with Crippen LogP contribution in [0.5, 0.6) is 0 Å². The standard InChI is InChI=1S/C29H27N5O2/c1-20-7-5-9-23(15-20)18-34-27(36)16-21(2)28(32-34)24-10-6-8-22(17-24)13-14-33-26-12-4-3-11-25(26)31-29(33)30-19-35/h3-12,15-17,19H,13-14,18H2,1-2H3,(H,30,31,35). The van der Waals surface area contributed by atoms with Crippen molar-refractivity contribution < 1.29 is 4.79 Å². The fraction of sp³-hybridized carbons (Fsp3) is 0.172. The average molecular weight is 478 g/mol. The molecular formula is C29H27N5O2. The van der Waals surface area contributed by atoms with Crippen LogP contribution in [0.3, 0.4) is 0 Å². The number of aromatic nitrogens is 4. The summed E-state index contributed by atoms with van der Waals surface area (Å²) in [6, 6.07) is 25.8. The Bertz CT molecular complexity index is 1620. The highest BCUT2D eigenvalue weighted by Gasteiger charge is 2.12. The number of hydrogen-bond acceptors (Lipinski definition) is 4. The lowest BCUT2D eigenvalue weighted by atomic mass is 10.0. The van der Waals surface area contributed by atoms with E-state index in [4.69, 9.17) is 5.10 Å². The molecule has 1 amide bonds. The van der Waals surface area contributed by atoms with E-state index in [0.29, 0.717) is 25.4 Å². The van der Waals surface area contributed by atoms with Crippen molar-refractivity contribution in [2.24, 2.45) is 0 Å². The minimum Gasteiger partial charge on any atom is -0.310 e. The summed E-state index contributed by atoms with van der Waals surface area (Å²) in [7, 11) is 0. The third-order valence-corrected chi connectivity index (χ3v) is 6.27. The fourth-order valence-electron chi connectivity index (χ4n) is 4.54. The molecule has 2 aromatic heterocycles. The zero-order valence-electron chi connectivity index (χ0n) is 20.3. The molecule has 7 heteroatoms. The molecule has 7 nitrogen and oxygen atoms in total. The summed E-state index contributed by atoms with van der Waals surface area (Å²) in [5.74, 6) is 0.531. The predicted octanol–water partition coefficient (Wildman–Crippen LogP) is 4.74. The Balaban J connectivity index is 1.43. The van der Waals surface area contributed by atoms with Crippen LogP contribution in [0, 0.1) is 13.8 Å². The van der Waals surface area contributed by atoms with Gasteiger partial charge in [-0.15, -0.1) is 0 Å². The van der Waals surface area contributed by atoms with Crippen LogP contribution in [-0.4, -0.2) is 25.7 Å². The van der Waals surface area contributed by atoms with Crippen molar-refractivity contribution in [3.63, 3.8) is 0 Å². The minimum atomic E-state index is -0.115. The number of anilines is 1. The van der Waals surface area contributed by atoms with E-state index < -0.39 is 0 Å². The molecule has 0 aliphatic rings. The zero-order chi connectivity index (χ0) is 25.1. The first-order chi connectivity index (χ1) is 17.5. The Morgan fingerprint density at radius 2 is 1.72 bits per heavy atom. The maximum atomic E-state index is 12.7. The van der Waals surface area contributed by atoms with Gasteiger partial charge in [0.2, 0.25) is 12.4 Å². The first kappa shape index (κ1) is 23.2. The molecule has 5 aromatic rings. The number of benzene rings is 3. The molecule has 0 aliphatic carbocycles. The minimum absolute atomic E-state index is 0.115. The van der Waals surface area contributed by atoms with Crippen LogP contribution in [-0.2, 0) is 24.3 Å². The number of rotatable bonds is 8. The van der Waals surface area contributed by atoms with Crippen molar-refractivity contribution in [3.8, 4) is 11.3 Å². The van der Waals surface area contributed by atoms with E-state index in [-0.39, 0.29) is 5.56 Å². The molecule has 0 aliphatic heterocycles. The van der Waals surface area contributed by atoms with Crippen molar-refractivity contribution in [3.05, 3.63) is 111 Å². The van der Waals surface area contributed by atoms with E-state index in [0.717, 1.165) is 51.0 Å². The van der Waals surface area contributed by atoms with Gasteiger partial charge in [-0.25, -0.2) is 9.67 Å². The molecule has 36 heavy (non-hydrogen) atoms. The second kappa shape index (κ2) is 10.00. The monoisotopic (exact) mass is 477 g/mol. The maximum absolute atomic E-state index is 12.7. The zero-order valence-corrected chi connectivity index (χ0v) is 20.3. The van der Waals surface area contributed by atoms with Crippen LogP contribution in [0.2, 0.25) is 0 Å². The SMILES string of the molecule is Cc1cccc(Cn2nc(-c3cccc(CCn4c(NC=O)nc5ccccc54)c3)c(C)cc2=O)c1. The number of nitrogens with one attached hydrogen (secondary N) is 1. The molecule has 0 spiro atoms. The number of nitrogens with zero attached hydrogens (tertiary/aromatic N) is 4. The van der Waals surface area contributed by atoms with Gasteiger partial charge in [-0.1, -0.05) is 60.2 Å². The lowest BCUT2D eigenvalue weighted by molar-refractivity contribution is -0.105. The van der Waals surface area contributed by atoms with E-state index in [1.165, 1.54) is 4.68 Å². The van der Waals surface area contributed by atoms with Crippen molar-refractivity contribution in [1.82, 2.24) is 19.3 Å². The first-order valence-electron chi connectivity index (χ1n) is 11.9. The number of imidazole rings is 1. The normalized spacial score (nSPS) is 11.1. The maximum Gasteiger partial charge on any atom is 0.267 e. The lowest BCUT2D eigenvalue weighted by Gasteiger charge is -2.12. The van der Waals surface area contributed by atoms with Gasteiger partial charge in [0, 0.05) is 18.2 Å². The summed E-state index contributed by atoms with van der Waals surface area (Å²) in [6.45, 7) is 5.03. The summed E-state index contributed by atoms with van der Waals surface area (Å²) >= 11 is 0. The van der Waals surface area contributed by atoms with Gasteiger partial charge in [-0.05, 0) is 55.2 Å². The second-order valence-electron chi connectivity index (χ2n) is 8.95. The number of carbonyl (C=O) groups is 1. The number of aryl methyl sites for hydroxylation is 4. The molecule has 0 bridgehead atoms. The Kier molecular flexibility index (Phi) is 6.45. The van der Waals surface area contributed by atoms with E-state index in [1.54, 1.807) is 6.07 Å². The van der Waals surface area contributed by atoms with E-state index in [1.807, 2.05) is 73.0 Å². The predicted molar refractivity (Wildman–Crippen MR) is 142 cm³/mol. The number of para-hydroxylation sites is 2. The third kappa shape index (κ3) is 4.81. The van der Waals surface area contributed by atoms with Gasteiger partial charge in [0.05, 0.1) is 23.3 Å². The molecule has 0 saturated carbocycles. The van der Waals surface area contributed by atoms with Crippen LogP contribution >= 0.6 is 0 Å². The van der Waals surface area contributed by atoms with E-state index in [2.05, 4.69) is 28.5 Å². The van der Waals surface area contributed by atoms with Crippen LogP contribution < -0.4 is 10.9 Å². The molecule has 2 heterocycles. The highest BCUT2D eigenvalue weighted by atomic mass is 16.1. The van der Waals surface area contributed by atoms with Crippen molar-refractivity contribution in [2.45, 2.75) is 33.4 Å². The second-order valence-corrected chi connectivity index (χ2v) is 8.95. The lowest BCUT2D eigenvalue weighted by Crippen LogP contribution is -2.24. The molecule has 3 aromatic carbocycles. The first-order valence-corrected chi connectivity index (χ1v) is 11.9.